The number of aromatic nitrogens is 4. The number of anilines is 1. The van der Waals surface area contributed by atoms with Crippen molar-refractivity contribution in [2.24, 2.45) is 23.5 Å². The molecule has 5 heterocycles. The summed E-state index contributed by atoms with van der Waals surface area (Å²) < 4.78 is 0. The van der Waals surface area contributed by atoms with E-state index in [-0.39, 0.29) is 77.4 Å². The number of nitrogens with two attached hydrogens (primary N) is 2. The number of fused-ring (bicyclic) bond motifs is 1. The van der Waals surface area contributed by atoms with Gasteiger partial charge in [0.25, 0.3) is 5.95 Å². The molecule has 6 N–H and O–H groups in total. The van der Waals surface area contributed by atoms with Gasteiger partial charge >= 0.3 is 5.97 Å². The summed E-state index contributed by atoms with van der Waals surface area (Å²) in [5.74, 6) is -2.53. The number of thioether (sulfide) groups is 1. The molecule has 0 radical (unpaired) electrons. The first-order chi connectivity index (χ1) is 18.0. The molecule has 206 valence electrons. The number of ketones is 1. The number of aliphatic carboxylic acids is 1. The van der Waals surface area contributed by atoms with Crippen molar-refractivity contribution < 1.29 is 24.3 Å². The molecule has 2 amide bonds. The number of carboxylic acid groups (broad SMARTS) is 1. The third-order valence-electron chi connectivity index (χ3n) is 7.96. The molecule has 4 aliphatic heterocycles. The van der Waals surface area contributed by atoms with E-state index in [1.165, 1.54) is 16.7 Å². The van der Waals surface area contributed by atoms with Crippen molar-refractivity contribution in [3.63, 3.8) is 0 Å². The van der Waals surface area contributed by atoms with Crippen LogP contribution in [0.25, 0.3) is 0 Å². The standard InChI is InChI=1S/C23H33N9O5S/c1-10(5-13(33)9-31-28-23(25)27-29-31)16-17-11(2)19(18(22(36)37)32(17)21(16)35)38-14-6-15(26-7-14)20(34)30-4-3-12(24)8-30/h10-12,14-17,26H,3-9,24H2,1-2H3,(H2,25,28)(H,36,37)/t10-,11+,12?,14?,15?,16+,17+/m0/s1. The van der Waals surface area contributed by atoms with Crippen LogP contribution in [0.15, 0.2) is 10.6 Å². The van der Waals surface area contributed by atoms with Crippen LogP contribution < -0.4 is 16.8 Å². The molecule has 15 heteroatoms. The minimum Gasteiger partial charge on any atom is -0.477 e. The molecule has 7 atom stereocenters. The van der Waals surface area contributed by atoms with E-state index in [9.17, 15) is 24.3 Å². The fourth-order valence-corrected chi connectivity index (χ4v) is 7.65. The van der Waals surface area contributed by atoms with Gasteiger partial charge in [0.1, 0.15) is 12.2 Å². The number of nitrogens with one attached hydrogen (secondary N) is 1. The van der Waals surface area contributed by atoms with E-state index in [2.05, 4.69) is 20.7 Å². The van der Waals surface area contributed by atoms with Crippen molar-refractivity contribution in [2.75, 3.05) is 25.4 Å². The zero-order valence-electron chi connectivity index (χ0n) is 21.3. The summed E-state index contributed by atoms with van der Waals surface area (Å²) in [7, 11) is 0. The molecule has 4 aliphatic rings. The number of carboxylic acids is 1. The van der Waals surface area contributed by atoms with E-state index in [0.29, 0.717) is 31.0 Å². The first kappa shape index (κ1) is 26.6. The van der Waals surface area contributed by atoms with E-state index < -0.39 is 11.9 Å². The van der Waals surface area contributed by atoms with Crippen LogP contribution in [-0.2, 0) is 25.7 Å². The third kappa shape index (κ3) is 4.78. The Morgan fingerprint density at radius 3 is 2.71 bits per heavy atom. The number of carbonyl (C=O) groups is 4. The molecule has 0 aliphatic carbocycles. The van der Waals surface area contributed by atoms with Crippen molar-refractivity contribution in [3.05, 3.63) is 10.6 Å². The highest BCUT2D eigenvalue weighted by Crippen LogP contribution is 2.53. The van der Waals surface area contributed by atoms with Gasteiger partial charge in [-0.15, -0.1) is 16.9 Å². The summed E-state index contributed by atoms with van der Waals surface area (Å²) in [6, 6.07) is -0.633. The lowest BCUT2D eigenvalue weighted by Gasteiger charge is -2.47. The molecule has 3 fully saturated rings. The van der Waals surface area contributed by atoms with Crippen molar-refractivity contribution in [3.8, 4) is 0 Å². The lowest BCUT2D eigenvalue weighted by molar-refractivity contribution is -0.160. The highest BCUT2D eigenvalue weighted by atomic mass is 32.2. The van der Waals surface area contributed by atoms with E-state index in [1.807, 2.05) is 13.8 Å². The number of nitrogens with zero attached hydrogens (tertiary/aromatic N) is 6. The largest absolute Gasteiger partial charge is 0.477 e. The van der Waals surface area contributed by atoms with Gasteiger partial charge in [-0.05, 0) is 24.0 Å². The Morgan fingerprint density at radius 1 is 1.32 bits per heavy atom. The molecule has 1 aromatic heterocycles. The quantitative estimate of drug-likeness (QED) is 0.265. The first-order valence-corrected chi connectivity index (χ1v) is 13.7. The van der Waals surface area contributed by atoms with Gasteiger partial charge in [0.05, 0.1) is 18.0 Å². The summed E-state index contributed by atoms with van der Waals surface area (Å²) >= 11 is 1.45. The van der Waals surface area contributed by atoms with E-state index >= 15 is 0 Å². The monoisotopic (exact) mass is 547 g/mol. The first-order valence-electron chi connectivity index (χ1n) is 12.8. The molecule has 38 heavy (non-hydrogen) atoms. The maximum absolute atomic E-state index is 13.2. The molecule has 5 rings (SSSR count). The van der Waals surface area contributed by atoms with Crippen LogP contribution in [0.4, 0.5) is 5.95 Å². The highest BCUT2D eigenvalue weighted by Gasteiger charge is 2.60. The van der Waals surface area contributed by atoms with Crippen LogP contribution in [0, 0.1) is 17.8 Å². The van der Waals surface area contributed by atoms with Gasteiger partial charge in [0, 0.05) is 48.2 Å². The Bertz CT molecular complexity index is 1190. The molecule has 0 saturated carbocycles. The lowest BCUT2D eigenvalue weighted by Crippen LogP contribution is -2.62. The zero-order valence-corrected chi connectivity index (χ0v) is 22.1. The normalized spacial score (nSPS) is 31.5. The molecule has 0 bridgehead atoms. The number of rotatable bonds is 9. The minimum atomic E-state index is -1.14. The number of hydrogen-bond acceptors (Lipinski definition) is 11. The fourth-order valence-electron chi connectivity index (χ4n) is 6.17. The Hall–Kier alpha value is -3.04. The minimum absolute atomic E-state index is 0.000830. The number of tetrazole rings is 1. The maximum Gasteiger partial charge on any atom is 0.353 e. The summed E-state index contributed by atoms with van der Waals surface area (Å²) in [4.78, 5) is 55.8. The fraction of sp³-hybridized carbons (Fsp3) is 0.696. The average Bonchev–Trinajstić information content (AvgIpc) is 3.62. The smallest absolute Gasteiger partial charge is 0.353 e. The number of likely N-dealkylation sites (tertiary alicyclic amines) is 1. The second kappa shape index (κ2) is 10.3. The molecule has 0 aromatic carbocycles. The van der Waals surface area contributed by atoms with Crippen molar-refractivity contribution in [1.29, 1.82) is 0 Å². The highest BCUT2D eigenvalue weighted by molar-refractivity contribution is 8.03. The molecule has 3 unspecified atom stereocenters. The van der Waals surface area contributed by atoms with E-state index in [1.54, 1.807) is 4.90 Å². The number of hydrogen-bond donors (Lipinski definition) is 4. The third-order valence-corrected chi connectivity index (χ3v) is 9.47. The number of amides is 2. The van der Waals surface area contributed by atoms with Crippen LogP contribution in [0.2, 0.25) is 0 Å². The van der Waals surface area contributed by atoms with Crippen molar-refractivity contribution >= 4 is 41.3 Å². The predicted octanol–water partition coefficient (Wildman–Crippen LogP) is -1.35. The molecular formula is C23H33N9O5S. The number of carbonyl (C=O) groups excluding carboxylic acids is 3. The Kier molecular flexibility index (Phi) is 7.17. The van der Waals surface area contributed by atoms with Gasteiger partial charge in [0.2, 0.25) is 11.8 Å². The van der Waals surface area contributed by atoms with Gasteiger partial charge in [-0.2, -0.15) is 4.80 Å². The number of Topliss-reactive ketones (excluding diaryl/α,β-unsaturated/α-hetero) is 1. The molecular weight excluding hydrogens is 514 g/mol. The van der Waals surface area contributed by atoms with Crippen LogP contribution in [-0.4, -0.2) is 102 Å². The molecule has 3 saturated heterocycles. The molecule has 0 spiro atoms. The molecule has 1 aromatic rings. The Labute approximate surface area is 223 Å². The van der Waals surface area contributed by atoms with Gasteiger partial charge in [-0.25, -0.2) is 4.79 Å². The number of β-lactam (4-membered cyclic amide) rings is 1. The maximum atomic E-state index is 13.2. The van der Waals surface area contributed by atoms with E-state index in [0.717, 1.165) is 11.2 Å². The summed E-state index contributed by atoms with van der Waals surface area (Å²) in [5.41, 5.74) is 11.4. The van der Waals surface area contributed by atoms with Crippen LogP contribution in [0.1, 0.15) is 33.1 Å². The SMILES string of the molecule is C[C@@H](CC(=O)Cn1nnc(N)n1)[C@H]1C(=O)N2C(C(=O)O)=C(SC3CNC(C(=O)N4CCC(N)C4)C3)[C@H](C)[C@H]12. The van der Waals surface area contributed by atoms with Crippen LogP contribution in [0.5, 0.6) is 0 Å². The van der Waals surface area contributed by atoms with Gasteiger partial charge in [0.15, 0.2) is 5.78 Å². The number of nitrogen functional groups attached to an aromatic ring is 1. The average molecular weight is 548 g/mol. The van der Waals surface area contributed by atoms with Crippen LogP contribution >= 0.6 is 11.8 Å². The Balaban J connectivity index is 1.23. The zero-order chi connectivity index (χ0) is 27.3. The van der Waals surface area contributed by atoms with Gasteiger partial charge in [-0.1, -0.05) is 18.9 Å². The van der Waals surface area contributed by atoms with Gasteiger partial charge in [-0.3, -0.25) is 14.4 Å². The Morgan fingerprint density at radius 2 is 2.08 bits per heavy atom. The topological polar surface area (TPSA) is 203 Å². The second-order valence-corrected chi connectivity index (χ2v) is 12.0. The van der Waals surface area contributed by atoms with Gasteiger partial charge < -0.3 is 31.7 Å². The second-order valence-electron chi connectivity index (χ2n) is 10.7. The van der Waals surface area contributed by atoms with Crippen molar-refractivity contribution in [2.45, 2.75) is 63.0 Å². The predicted molar refractivity (Wildman–Crippen MR) is 136 cm³/mol. The van der Waals surface area contributed by atoms with Crippen molar-refractivity contribution in [1.82, 2.24) is 35.3 Å². The van der Waals surface area contributed by atoms with Crippen LogP contribution in [0.3, 0.4) is 0 Å². The summed E-state index contributed by atoms with van der Waals surface area (Å²) in [5, 5.41) is 24.4. The molecule has 14 nitrogen and oxygen atoms in total. The van der Waals surface area contributed by atoms with E-state index in [4.69, 9.17) is 11.5 Å². The summed E-state index contributed by atoms with van der Waals surface area (Å²) in [6.45, 7) is 5.45. The lowest BCUT2D eigenvalue weighted by atomic mass is 9.73. The summed E-state index contributed by atoms with van der Waals surface area (Å²) in [6.07, 6.45) is 1.49.